The monoisotopic (exact) mass is 375 g/mol. The number of hydrogen-bond donors (Lipinski definition) is 1. The van der Waals surface area contributed by atoms with Gasteiger partial charge in [0.2, 0.25) is 0 Å². The van der Waals surface area contributed by atoms with E-state index in [4.69, 9.17) is 0 Å². The van der Waals surface area contributed by atoms with Gasteiger partial charge in [0.05, 0.1) is 29.2 Å². The molecule has 0 aliphatic carbocycles. The maximum Gasteiger partial charge on any atom is 0.255 e. The molecule has 28 heavy (non-hydrogen) atoms. The minimum atomic E-state index is -0.352. The molecule has 4 aromatic rings. The first-order chi connectivity index (χ1) is 13.6. The van der Waals surface area contributed by atoms with Crippen molar-refractivity contribution < 1.29 is 9.18 Å². The summed E-state index contributed by atoms with van der Waals surface area (Å²) >= 11 is 0. The highest BCUT2D eigenvalue weighted by molar-refractivity contribution is 5.94. The van der Waals surface area contributed by atoms with Crippen molar-refractivity contribution in [1.29, 1.82) is 0 Å². The molecule has 0 saturated heterocycles. The molecular formula is C21H18FN5O. The number of benzene rings is 2. The molecule has 0 spiro atoms. The van der Waals surface area contributed by atoms with Gasteiger partial charge in [-0.2, -0.15) is 10.2 Å². The molecule has 1 atom stereocenters. The number of halogens is 1. The fraction of sp³-hybridized carbons (Fsp3) is 0.0952. The highest BCUT2D eigenvalue weighted by Gasteiger charge is 2.21. The summed E-state index contributed by atoms with van der Waals surface area (Å²) in [5.41, 5.74) is 2.90. The number of nitrogens with zero attached hydrogens (tertiary/aromatic N) is 4. The molecule has 0 aliphatic rings. The third-order valence-electron chi connectivity index (χ3n) is 4.50. The number of aryl methyl sites for hydroxylation is 1. The molecule has 2 heterocycles. The quantitative estimate of drug-likeness (QED) is 0.582. The number of carbonyl (C=O) groups excluding carboxylic acids is 1. The van der Waals surface area contributed by atoms with E-state index in [0.29, 0.717) is 11.3 Å². The average molecular weight is 375 g/mol. The van der Waals surface area contributed by atoms with Crippen LogP contribution in [0, 0.1) is 5.82 Å². The minimum absolute atomic E-state index is 0.261. The maximum absolute atomic E-state index is 13.1. The van der Waals surface area contributed by atoms with E-state index in [1.54, 1.807) is 29.2 Å². The summed E-state index contributed by atoms with van der Waals surface area (Å²) in [7, 11) is 1.84. The normalized spacial score (nSPS) is 11.9. The first-order valence-corrected chi connectivity index (χ1v) is 8.76. The van der Waals surface area contributed by atoms with Gasteiger partial charge in [-0.25, -0.2) is 9.07 Å². The molecule has 1 amide bonds. The molecule has 2 aromatic carbocycles. The van der Waals surface area contributed by atoms with Crippen LogP contribution in [0.5, 0.6) is 0 Å². The predicted molar refractivity (Wildman–Crippen MR) is 102 cm³/mol. The Balaban J connectivity index is 1.60. The van der Waals surface area contributed by atoms with Crippen LogP contribution in [0.25, 0.3) is 5.69 Å². The fourth-order valence-electron chi connectivity index (χ4n) is 3.03. The van der Waals surface area contributed by atoms with E-state index in [1.165, 1.54) is 23.0 Å². The van der Waals surface area contributed by atoms with Gasteiger partial charge in [-0.3, -0.25) is 9.48 Å². The third-order valence-corrected chi connectivity index (χ3v) is 4.50. The fourth-order valence-corrected chi connectivity index (χ4v) is 3.03. The Morgan fingerprint density at radius 1 is 1.04 bits per heavy atom. The molecule has 6 nitrogen and oxygen atoms in total. The molecule has 4 rings (SSSR count). The zero-order chi connectivity index (χ0) is 19.5. The van der Waals surface area contributed by atoms with Gasteiger partial charge in [-0.1, -0.05) is 30.3 Å². The van der Waals surface area contributed by atoms with Crippen molar-refractivity contribution in [2.24, 2.45) is 7.05 Å². The molecule has 0 bridgehead atoms. The van der Waals surface area contributed by atoms with Gasteiger partial charge < -0.3 is 5.32 Å². The van der Waals surface area contributed by atoms with Crippen LogP contribution < -0.4 is 5.32 Å². The Morgan fingerprint density at radius 2 is 1.79 bits per heavy atom. The van der Waals surface area contributed by atoms with Crippen LogP contribution >= 0.6 is 0 Å². The topological polar surface area (TPSA) is 64.7 Å². The molecule has 0 unspecified atom stereocenters. The zero-order valence-electron chi connectivity index (χ0n) is 15.2. The van der Waals surface area contributed by atoms with Gasteiger partial charge in [0.15, 0.2) is 0 Å². The minimum Gasteiger partial charge on any atom is -0.339 e. The van der Waals surface area contributed by atoms with Crippen LogP contribution in [0.1, 0.15) is 27.7 Å². The Hall–Kier alpha value is -3.74. The number of hydrogen-bond acceptors (Lipinski definition) is 3. The first-order valence-electron chi connectivity index (χ1n) is 8.76. The van der Waals surface area contributed by atoms with Gasteiger partial charge in [0.1, 0.15) is 5.82 Å². The van der Waals surface area contributed by atoms with Crippen molar-refractivity contribution in [3.63, 3.8) is 0 Å². The summed E-state index contributed by atoms with van der Waals surface area (Å²) in [6.45, 7) is 0. The lowest BCUT2D eigenvalue weighted by molar-refractivity contribution is 0.0941. The molecule has 140 valence electrons. The Labute approximate surface area is 161 Å². The SMILES string of the molecule is Cn1nccc1[C@@H](NC(=O)c1cnn(-c2ccc(F)cc2)c1)c1ccccc1. The van der Waals surface area contributed by atoms with Gasteiger partial charge in [-0.15, -0.1) is 0 Å². The van der Waals surface area contributed by atoms with E-state index in [2.05, 4.69) is 15.5 Å². The van der Waals surface area contributed by atoms with E-state index in [1.807, 2.05) is 43.4 Å². The van der Waals surface area contributed by atoms with Crippen molar-refractivity contribution in [1.82, 2.24) is 24.9 Å². The second kappa shape index (κ2) is 7.48. The number of nitrogens with one attached hydrogen (secondary N) is 1. The van der Waals surface area contributed by atoms with E-state index in [-0.39, 0.29) is 17.8 Å². The molecule has 0 radical (unpaired) electrons. The van der Waals surface area contributed by atoms with Crippen LogP contribution in [-0.4, -0.2) is 25.5 Å². The Bertz CT molecular complexity index is 1090. The summed E-state index contributed by atoms with van der Waals surface area (Å²) in [5, 5.41) is 11.5. The summed E-state index contributed by atoms with van der Waals surface area (Å²) in [6, 6.07) is 17.1. The smallest absolute Gasteiger partial charge is 0.255 e. The summed E-state index contributed by atoms with van der Waals surface area (Å²) in [6.07, 6.45) is 4.81. The van der Waals surface area contributed by atoms with Crippen molar-refractivity contribution in [3.05, 3.63) is 102 Å². The predicted octanol–water partition coefficient (Wildman–Crippen LogP) is 3.26. The van der Waals surface area contributed by atoms with Crippen LogP contribution in [-0.2, 0) is 7.05 Å². The maximum atomic E-state index is 13.1. The van der Waals surface area contributed by atoms with E-state index in [9.17, 15) is 9.18 Å². The van der Waals surface area contributed by atoms with E-state index in [0.717, 1.165) is 11.3 Å². The van der Waals surface area contributed by atoms with Crippen LogP contribution in [0.4, 0.5) is 4.39 Å². The summed E-state index contributed by atoms with van der Waals surface area (Å²) in [5.74, 6) is -0.584. The molecular weight excluding hydrogens is 357 g/mol. The van der Waals surface area contributed by atoms with Crippen molar-refractivity contribution in [2.45, 2.75) is 6.04 Å². The van der Waals surface area contributed by atoms with Crippen LogP contribution in [0.2, 0.25) is 0 Å². The molecule has 7 heteroatoms. The van der Waals surface area contributed by atoms with E-state index >= 15 is 0 Å². The number of rotatable bonds is 5. The zero-order valence-corrected chi connectivity index (χ0v) is 15.2. The Morgan fingerprint density at radius 3 is 2.46 bits per heavy atom. The largest absolute Gasteiger partial charge is 0.339 e. The molecule has 1 N–H and O–H groups in total. The molecule has 0 aliphatic heterocycles. The van der Waals surface area contributed by atoms with Gasteiger partial charge in [0.25, 0.3) is 5.91 Å². The van der Waals surface area contributed by atoms with E-state index < -0.39 is 0 Å². The molecule has 2 aromatic heterocycles. The Kier molecular flexibility index (Phi) is 4.72. The number of carbonyl (C=O) groups is 1. The summed E-state index contributed by atoms with van der Waals surface area (Å²) < 4.78 is 16.4. The van der Waals surface area contributed by atoms with Crippen LogP contribution in [0.3, 0.4) is 0 Å². The van der Waals surface area contributed by atoms with Crippen molar-refractivity contribution in [3.8, 4) is 5.69 Å². The van der Waals surface area contributed by atoms with Gasteiger partial charge in [0, 0.05) is 19.4 Å². The lowest BCUT2D eigenvalue weighted by atomic mass is 10.0. The molecule has 0 fully saturated rings. The highest BCUT2D eigenvalue weighted by atomic mass is 19.1. The van der Waals surface area contributed by atoms with Crippen LogP contribution in [0.15, 0.2) is 79.3 Å². The average Bonchev–Trinajstić information content (AvgIpc) is 3.37. The van der Waals surface area contributed by atoms with Gasteiger partial charge in [-0.05, 0) is 35.9 Å². The second-order valence-electron chi connectivity index (χ2n) is 6.35. The first kappa shape index (κ1) is 17.7. The standard InChI is InChI=1S/C21H18FN5O/c1-26-19(11-12-23-26)20(15-5-3-2-4-6-15)25-21(28)16-13-24-27(14-16)18-9-7-17(22)8-10-18/h2-14,20H,1H3,(H,25,28)/t20-/m0/s1. The van der Waals surface area contributed by atoms with Crippen molar-refractivity contribution in [2.75, 3.05) is 0 Å². The lowest BCUT2D eigenvalue weighted by Gasteiger charge is -2.19. The molecule has 0 saturated carbocycles. The summed E-state index contributed by atoms with van der Waals surface area (Å²) in [4.78, 5) is 12.9. The number of aromatic nitrogens is 4. The second-order valence-corrected chi connectivity index (χ2v) is 6.35. The lowest BCUT2D eigenvalue weighted by Crippen LogP contribution is -2.30. The van der Waals surface area contributed by atoms with Gasteiger partial charge >= 0.3 is 0 Å². The van der Waals surface area contributed by atoms with Crippen molar-refractivity contribution >= 4 is 5.91 Å². The number of amides is 1. The highest BCUT2D eigenvalue weighted by Crippen LogP contribution is 2.22. The third kappa shape index (κ3) is 3.55.